The van der Waals surface area contributed by atoms with Crippen molar-refractivity contribution in [2.45, 2.75) is 44.2 Å². The number of anilines is 1. The molecule has 1 aliphatic carbocycles. The second-order valence-corrected chi connectivity index (χ2v) is 9.39. The number of thiophene rings is 1. The Bertz CT molecular complexity index is 1100. The number of nitrogens with zero attached hydrogens (tertiary/aromatic N) is 1. The molecule has 0 unspecified atom stereocenters. The van der Waals surface area contributed by atoms with E-state index >= 15 is 0 Å². The standard InChI is InChI=1S/C27H30N2O4S/c1-32-23-15-14-19(17-24(23)33-2)26(27(31)28-20-9-6-7-10-20)29(21-11-4-3-5-12-21)25(30)18-22-13-8-16-34-22/h3-5,8,11-17,20,26H,6-7,9-10,18H2,1-2H3,(H,28,31)/t26-/m1/s1. The Morgan fingerprint density at radius 3 is 2.38 bits per heavy atom. The molecule has 1 fully saturated rings. The summed E-state index contributed by atoms with van der Waals surface area (Å²) in [6.07, 6.45) is 4.34. The van der Waals surface area contributed by atoms with E-state index in [0.717, 1.165) is 30.6 Å². The van der Waals surface area contributed by atoms with Gasteiger partial charge in [0.05, 0.1) is 20.6 Å². The maximum Gasteiger partial charge on any atom is 0.248 e. The number of methoxy groups -OCH3 is 2. The van der Waals surface area contributed by atoms with Crippen molar-refractivity contribution in [3.8, 4) is 11.5 Å². The first-order valence-electron chi connectivity index (χ1n) is 11.5. The van der Waals surface area contributed by atoms with Crippen LogP contribution in [0.3, 0.4) is 0 Å². The first-order valence-corrected chi connectivity index (χ1v) is 12.4. The van der Waals surface area contributed by atoms with Crippen LogP contribution in [0.25, 0.3) is 0 Å². The van der Waals surface area contributed by atoms with Crippen molar-refractivity contribution in [3.63, 3.8) is 0 Å². The van der Waals surface area contributed by atoms with Crippen LogP contribution in [-0.2, 0) is 16.0 Å². The lowest BCUT2D eigenvalue weighted by Gasteiger charge is -2.32. The monoisotopic (exact) mass is 478 g/mol. The Hall–Kier alpha value is -3.32. The number of nitrogens with one attached hydrogen (secondary N) is 1. The molecule has 4 rings (SSSR count). The molecule has 1 aliphatic rings. The van der Waals surface area contributed by atoms with E-state index in [2.05, 4.69) is 5.32 Å². The summed E-state index contributed by atoms with van der Waals surface area (Å²) >= 11 is 1.53. The van der Waals surface area contributed by atoms with Crippen LogP contribution < -0.4 is 19.7 Å². The number of rotatable bonds is 9. The van der Waals surface area contributed by atoms with Crippen LogP contribution in [0.4, 0.5) is 5.69 Å². The van der Waals surface area contributed by atoms with Gasteiger partial charge in [-0.15, -0.1) is 11.3 Å². The molecule has 0 radical (unpaired) electrons. The summed E-state index contributed by atoms with van der Waals surface area (Å²) in [5.41, 5.74) is 1.34. The minimum atomic E-state index is -0.852. The molecule has 7 heteroatoms. The highest BCUT2D eigenvalue weighted by Gasteiger charge is 2.35. The molecule has 0 spiro atoms. The van der Waals surface area contributed by atoms with Gasteiger partial charge in [-0.1, -0.05) is 43.2 Å². The Kier molecular flexibility index (Phi) is 7.85. The van der Waals surface area contributed by atoms with Crippen molar-refractivity contribution in [1.29, 1.82) is 0 Å². The van der Waals surface area contributed by atoms with Gasteiger partial charge in [0, 0.05) is 16.6 Å². The topological polar surface area (TPSA) is 67.9 Å². The Balaban J connectivity index is 1.78. The third-order valence-electron chi connectivity index (χ3n) is 6.14. The number of hydrogen-bond donors (Lipinski definition) is 1. The van der Waals surface area contributed by atoms with Crippen LogP contribution in [0.2, 0.25) is 0 Å². The number of ether oxygens (including phenoxy) is 2. The van der Waals surface area contributed by atoms with Crippen molar-refractivity contribution in [2.24, 2.45) is 0 Å². The minimum absolute atomic E-state index is 0.125. The first-order chi connectivity index (χ1) is 16.6. The molecule has 0 bridgehead atoms. The van der Waals surface area contributed by atoms with Crippen molar-refractivity contribution in [1.82, 2.24) is 5.32 Å². The van der Waals surface area contributed by atoms with Crippen LogP contribution in [0.15, 0.2) is 66.0 Å². The van der Waals surface area contributed by atoms with Crippen LogP contribution in [-0.4, -0.2) is 32.1 Å². The molecule has 2 aromatic carbocycles. The normalized spacial score (nSPS) is 14.4. The molecule has 178 valence electrons. The molecular weight excluding hydrogens is 448 g/mol. The lowest BCUT2D eigenvalue weighted by molar-refractivity contribution is -0.127. The van der Waals surface area contributed by atoms with Gasteiger partial charge in [0.15, 0.2) is 11.5 Å². The highest BCUT2D eigenvalue weighted by atomic mass is 32.1. The molecule has 0 saturated heterocycles. The third kappa shape index (κ3) is 5.42. The maximum absolute atomic E-state index is 13.8. The van der Waals surface area contributed by atoms with Gasteiger partial charge in [-0.25, -0.2) is 0 Å². The molecule has 6 nitrogen and oxygen atoms in total. The molecular formula is C27H30N2O4S. The Morgan fingerprint density at radius 1 is 1.00 bits per heavy atom. The summed E-state index contributed by atoms with van der Waals surface area (Å²) in [6, 6.07) is 17.9. The van der Waals surface area contributed by atoms with E-state index in [0.29, 0.717) is 22.7 Å². The molecule has 1 N–H and O–H groups in total. The summed E-state index contributed by atoms with van der Waals surface area (Å²) in [5.74, 6) is 0.743. The molecule has 34 heavy (non-hydrogen) atoms. The molecule has 1 saturated carbocycles. The van der Waals surface area contributed by atoms with Crippen LogP contribution in [0.5, 0.6) is 11.5 Å². The fourth-order valence-electron chi connectivity index (χ4n) is 4.46. The predicted octanol–water partition coefficient (Wildman–Crippen LogP) is 5.14. The molecule has 0 aliphatic heterocycles. The van der Waals surface area contributed by atoms with Crippen molar-refractivity contribution in [2.75, 3.05) is 19.1 Å². The highest BCUT2D eigenvalue weighted by molar-refractivity contribution is 7.10. The quantitative estimate of drug-likeness (QED) is 0.462. The van der Waals surface area contributed by atoms with Crippen LogP contribution in [0, 0.1) is 0 Å². The van der Waals surface area contributed by atoms with E-state index in [-0.39, 0.29) is 24.3 Å². The summed E-state index contributed by atoms with van der Waals surface area (Å²) < 4.78 is 10.9. The summed E-state index contributed by atoms with van der Waals surface area (Å²) in [6.45, 7) is 0. The van der Waals surface area contributed by atoms with Gasteiger partial charge in [0.1, 0.15) is 6.04 Å². The van der Waals surface area contributed by atoms with Crippen LogP contribution in [0.1, 0.15) is 42.2 Å². The van der Waals surface area contributed by atoms with E-state index < -0.39 is 6.04 Å². The lowest BCUT2D eigenvalue weighted by Crippen LogP contribution is -2.46. The van der Waals surface area contributed by atoms with E-state index in [1.165, 1.54) is 11.3 Å². The van der Waals surface area contributed by atoms with Crippen molar-refractivity contribution >= 4 is 28.8 Å². The largest absolute Gasteiger partial charge is 0.493 e. The summed E-state index contributed by atoms with van der Waals surface area (Å²) in [7, 11) is 3.13. The predicted molar refractivity (Wildman–Crippen MR) is 135 cm³/mol. The molecule has 1 atom stereocenters. The Morgan fingerprint density at radius 2 is 1.74 bits per heavy atom. The smallest absolute Gasteiger partial charge is 0.248 e. The van der Waals surface area contributed by atoms with Gasteiger partial charge in [-0.3, -0.25) is 14.5 Å². The average molecular weight is 479 g/mol. The molecule has 3 aromatic rings. The van der Waals surface area contributed by atoms with E-state index in [1.807, 2.05) is 53.9 Å². The highest BCUT2D eigenvalue weighted by Crippen LogP contribution is 2.35. The number of hydrogen-bond acceptors (Lipinski definition) is 5. The number of benzene rings is 2. The molecule has 1 heterocycles. The number of para-hydroxylation sites is 1. The SMILES string of the molecule is COc1ccc([C@H](C(=O)NC2CCCC2)N(C(=O)Cc2cccs2)c2ccccc2)cc1OC. The molecule has 1 aromatic heterocycles. The zero-order chi connectivity index (χ0) is 23.9. The van der Waals surface area contributed by atoms with Crippen molar-refractivity contribution < 1.29 is 19.1 Å². The second kappa shape index (κ2) is 11.2. The zero-order valence-corrected chi connectivity index (χ0v) is 20.3. The fraction of sp³-hybridized carbons (Fsp3) is 0.333. The maximum atomic E-state index is 13.8. The minimum Gasteiger partial charge on any atom is -0.493 e. The number of carbonyl (C=O) groups is 2. The Labute approximate surface area is 204 Å². The van der Waals surface area contributed by atoms with E-state index in [1.54, 1.807) is 31.3 Å². The summed E-state index contributed by atoms with van der Waals surface area (Å²) in [5, 5.41) is 5.16. The van der Waals surface area contributed by atoms with Gasteiger partial charge in [0.25, 0.3) is 0 Å². The van der Waals surface area contributed by atoms with Gasteiger partial charge in [-0.05, 0) is 54.1 Å². The zero-order valence-electron chi connectivity index (χ0n) is 19.5. The number of amides is 2. The average Bonchev–Trinajstić information content (AvgIpc) is 3.57. The second-order valence-electron chi connectivity index (χ2n) is 8.36. The third-order valence-corrected chi connectivity index (χ3v) is 7.02. The fourth-order valence-corrected chi connectivity index (χ4v) is 5.16. The van der Waals surface area contributed by atoms with Gasteiger partial charge in [0.2, 0.25) is 11.8 Å². The lowest BCUT2D eigenvalue weighted by atomic mass is 10.0. The first kappa shape index (κ1) is 23.8. The number of carbonyl (C=O) groups excluding carboxylic acids is 2. The van der Waals surface area contributed by atoms with E-state index in [9.17, 15) is 9.59 Å². The van der Waals surface area contributed by atoms with Crippen molar-refractivity contribution in [3.05, 3.63) is 76.5 Å². The van der Waals surface area contributed by atoms with Gasteiger partial charge >= 0.3 is 0 Å². The molecule has 2 amide bonds. The van der Waals surface area contributed by atoms with Gasteiger partial charge < -0.3 is 14.8 Å². The summed E-state index contributed by atoms with van der Waals surface area (Å²) in [4.78, 5) is 30.1. The van der Waals surface area contributed by atoms with Gasteiger partial charge in [-0.2, -0.15) is 0 Å². The van der Waals surface area contributed by atoms with E-state index in [4.69, 9.17) is 9.47 Å². The van der Waals surface area contributed by atoms with Crippen LogP contribution >= 0.6 is 11.3 Å².